The lowest BCUT2D eigenvalue weighted by Gasteiger charge is -2.15. The van der Waals surface area contributed by atoms with Gasteiger partial charge in [-0.25, -0.2) is 4.98 Å². The number of nitrogens with zero attached hydrogens (tertiary/aromatic N) is 3. The SMILES string of the molecule is CN(Cc1ccoc1)c1nc2ccccn2c1C=O. The molecule has 0 saturated carbocycles. The molecule has 19 heavy (non-hydrogen) atoms. The van der Waals surface area contributed by atoms with E-state index in [1.165, 1.54) is 0 Å². The Bertz CT molecular complexity index is 701. The lowest BCUT2D eigenvalue weighted by molar-refractivity contribution is 0.111. The second-order valence-electron chi connectivity index (χ2n) is 4.36. The van der Waals surface area contributed by atoms with E-state index in [-0.39, 0.29) is 0 Å². The third kappa shape index (κ3) is 1.99. The van der Waals surface area contributed by atoms with E-state index in [1.54, 1.807) is 16.9 Å². The van der Waals surface area contributed by atoms with Gasteiger partial charge in [-0.2, -0.15) is 0 Å². The second-order valence-corrected chi connectivity index (χ2v) is 4.36. The van der Waals surface area contributed by atoms with Crippen LogP contribution >= 0.6 is 0 Å². The van der Waals surface area contributed by atoms with E-state index in [2.05, 4.69) is 4.98 Å². The summed E-state index contributed by atoms with van der Waals surface area (Å²) in [5.41, 5.74) is 2.36. The molecule has 96 valence electrons. The third-order valence-electron chi connectivity index (χ3n) is 3.02. The van der Waals surface area contributed by atoms with E-state index in [0.717, 1.165) is 17.5 Å². The summed E-state index contributed by atoms with van der Waals surface area (Å²) >= 11 is 0. The molecule has 0 spiro atoms. The predicted molar refractivity (Wildman–Crippen MR) is 71.4 cm³/mol. The van der Waals surface area contributed by atoms with E-state index < -0.39 is 0 Å². The summed E-state index contributed by atoms with van der Waals surface area (Å²) in [5, 5.41) is 0. The first-order valence-corrected chi connectivity index (χ1v) is 5.94. The van der Waals surface area contributed by atoms with Crippen molar-refractivity contribution < 1.29 is 9.21 Å². The summed E-state index contributed by atoms with van der Waals surface area (Å²) in [7, 11) is 1.90. The highest BCUT2D eigenvalue weighted by Gasteiger charge is 2.15. The fraction of sp³-hybridized carbons (Fsp3) is 0.143. The van der Waals surface area contributed by atoms with Crippen LogP contribution in [0.2, 0.25) is 0 Å². The van der Waals surface area contributed by atoms with Gasteiger partial charge in [0.05, 0.1) is 12.5 Å². The minimum atomic E-state index is 0.557. The Kier molecular flexibility index (Phi) is 2.79. The molecule has 0 bridgehead atoms. The molecule has 3 rings (SSSR count). The summed E-state index contributed by atoms with van der Waals surface area (Å²) in [6, 6.07) is 7.55. The summed E-state index contributed by atoms with van der Waals surface area (Å²) in [6.07, 6.45) is 5.99. The Labute approximate surface area is 110 Å². The third-order valence-corrected chi connectivity index (χ3v) is 3.02. The molecule has 0 atom stereocenters. The highest BCUT2D eigenvalue weighted by atomic mass is 16.3. The molecule has 0 fully saturated rings. The predicted octanol–water partition coefficient (Wildman–Crippen LogP) is 2.38. The van der Waals surface area contributed by atoms with Gasteiger partial charge in [0.2, 0.25) is 0 Å². The van der Waals surface area contributed by atoms with Crippen molar-refractivity contribution in [2.45, 2.75) is 6.54 Å². The molecule has 5 nitrogen and oxygen atoms in total. The number of aromatic nitrogens is 2. The van der Waals surface area contributed by atoms with Crippen LogP contribution in [0.1, 0.15) is 16.1 Å². The maximum absolute atomic E-state index is 11.3. The van der Waals surface area contributed by atoms with Gasteiger partial charge in [-0.1, -0.05) is 6.07 Å². The van der Waals surface area contributed by atoms with Gasteiger partial charge < -0.3 is 9.32 Å². The average Bonchev–Trinajstić information content (AvgIpc) is 3.04. The standard InChI is InChI=1S/C14H13N3O2/c1-16(8-11-5-7-19-10-11)14-12(9-18)17-6-3-2-4-13(17)15-14/h2-7,9-10H,8H2,1H3. The Hall–Kier alpha value is -2.56. The molecule has 3 aromatic heterocycles. The van der Waals surface area contributed by atoms with Crippen LogP contribution < -0.4 is 4.90 Å². The second kappa shape index (κ2) is 4.61. The van der Waals surface area contributed by atoms with E-state index in [0.29, 0.717) is 18.1 Å². The van der Waals surface area contributed by atoms with Crippen LogP contribution in [0.3, 0.4) is 0 Å². The normalized spacial score (nSPS) is 10.8. The molecule has 3 heterocycles. The molecule has 0 saturated heterocycles. The fourth-order valence-corrected chi connectivity index (χ4v) is 2.12. The molecule has 3 aromatic rings. The van der Waals surface area contributed by atoms with E-state index in [4.69, 9.17) is 4.42 Å². The number of rotatable bonds is 4. The zero-order valence-corrected chi connectivity index (χ0v) is 10.5. The average molecular weight is 255 g/mol. The molecule has 0 radical (unpaired) electrons. The van der Waals surface area contributed by atoms with Gasteiger partial charge in [0.25, 0.3) is 0 Å². The maximum atomic E-state index is 11.3. The summed E-state index contributed by atoms with van der Waals surface area (Å²) in [4.78, 5) is 17.7. The summed E-state index contributed by atoms with van der Waals surface area (Å²) in [5.74, 6) is 0.669. The monoisotopic (exact) mass is 255 g/mol. The molecular weight excluding hydrogens is 242 g/mol. The van der Waals surface area contributed by atoms with Crippen LogP contribution in [0.4, 0.5) is 5.82 Å². The lowest BCUT2D eigenvalue weighted by Crippen LogP contribution is -2.18. The Morgan fingerprint density at radius 1 is 1.42 bits per heavy atom. The first-order valence-electron chi connectivity index (χ1n) is 5.94. The van der Waals surface area contributed by atoms with Crippen molar-refractivity contribution in [1.29, 1.82) is 0 Å². The Morgan fingerprint density at radius 2 is 2.32 bits per heavy atom. The van der Waals surface area contributed by atoms with Crippen LogP contribution in [0, 0.1) is 0 Å². The largest absolute Gasteiger partial charge is 0.472 e. The number of carbonyl (C=O) groups is 1. The van der Waals surface area contributed by atoms with Crippen molar-refractivity contribution in [2.75, 3.05) is 11.9 Å². The van der Waals surface area contributed by atoms with Gasteiger partial charge in [0.1, 0.15) is 11.3 Å². The van der Waals surface area contributed by atoms with Crippen LogP contribution in [0.15, 0.2) is 47.4 Å². The van der Waals surface area contributed by atoms with Gasteiger partial charge in [0.15, 0.2) is 12.1 Å². The molecule has 0 unspecified atom stereocenters. The van der Waals surface area contributed by atoms with E-state index in [9.17, 15) is 4.79 Å². The summed E-state index contributed by atoms with van der Waals surface area (Å²) < 4.78 is 6.83. The Morgan fingerprint density at radius 3 is 3.05 bits per heavy atom. The quantitative estimate of drug-likeness (QED) is 0.672. The molecule has 0 aromatic carbocycles. The molecule has 0 aliphatic rings. The van der Waals surface area contributed by atoms with Crippen molar-refractivity contribution in [3.63, 3.8) is 0 Å². The first-order chi connectivity index (χ1) is 9.29. The molecular formula is C14H13N3O2. The zero-order valence-electron chi connectivity index (χ0n) is 10.5. The molecule has 0 amide bonds. The molecule has 0 N–H and O–H groups in total. The van der Waals surface area contributed by atoms with Crippen molar-refractivity contribution in [3.8, 4) is 0 Å². The number of furan rings is 1. The molecule has 5 heteroatoms. The Balaban J connectivity index is 2.01. The molecule has 0 aliphatic heterocycles. The minimum absolute atomic E-state index is 0.557. The van der Waals surface area contributed by atoms with Crippen LogP contribution in [0.5, 0.6) is 0 Å². The number of hydrogen-bond acceptors (Lipinski definition) is 4. The van der Waals surface area contributed by atoms with E-state index >= 15 is 0 Å². The maximum Gasteiger partial charge on any atom is 0.170 e. The van der Waals surface area contributed by atoms with Gasteiger partial charge in [-0.05, 0) is 18.2 Å². The number of aldehydes is 1. The number of carbonyl (C=O) groups excluding carboxylic acids is 1. The van der Waals surface area contributed by atoms with Crippen molar-refractivity contribution in [1.82, 2.24) is 9.38 Å². The van der Waals surface area contributed by atoms with Crippen molar-refractivity contribution >= 4 is 17.8 Å². The van der Waals surface area contributed by atoms with Gasteiger partial charge >= 0.3 is 0 Å². The number of hydrogen-bond donors (Lipinski definition) is 0. The molecule has 0 aliphatic carbocycles. The number of anilines is 1. The van der Waals surface area contributed by atoms with E-state index in [1.807, 2.05) is 42.4 Å². The van der Waals surface area contributed by atoms with Gasteiger partial charge in [-0.15, -0.1) is 0 Å². The van der Waals surface area contributed by atoms with Crippen LogP contribution in [0.25, 0.3) is 5.65 Å². The smallest absolute Gasteiger partial charge is 0.170 e. The zero-order chi connectivity index (χ0) is 13.2. The lowest BCUT2D eigenvalue weighted by atomic mass is 10.3. The number of fused-ring (bicyclic) bond motifs is 1. The number of pyridine rings is 1. The fourth-order valence-electron chi connectivity index (χ4n) is 2.12. The number of imidazole rings is 1. The minimum Gasteiger partial charge on any atom is -0.472 e. The van der Waals surface area contributed by atoms with Gasteiger partial charge in [0, 0.05) is 25.4 Å². The van der Waals surface area contributed by atoms with Crippen molar-refractivity contribution in [2.24, 2.45) is 0 Å². The highest BCUT2D eigenvalue weighted by Crippen LogP contribution is 2.20. The van der Waals surface area contributed by atoms with Crippen LogP contribution in [-0.2, 0) is 6.54 Å². The highest BCUT2D eigenvalue weighted by molar-refractivity contribution is 5.83. The van der Waals surface area contributed by atoms with Crippen molar-refractivity contribution in [3.05, 3.63) is 54.2 Å². The summed E-state index contributed by atoms with van der Waals surface area (Å²) in [6.45, 7) is 0.640. The van der Waals surface area contributed by atoms with Crippen LogP contribution in [-0.4, -0.2) is 22.7 Å². The first kappa shape index (κ1) is 11.5. The topological polar surface area (TPSA) is 50.8 Å². The van der Waals surface area contributed by atoms with Gasteiger partial charge in [-0.3, -0.25) is 9.20 Å².